The second-order valence-corrected chi connectivity index (χ2v) is 11.4. The van der Waals surface area contributed by atoms with E-state index >= 15 is 4.39 Å². The first-order valence-corrected chi connectivity index (χ1v) is 13.1. The molecule has 35 heavy (non-hydrogen) atoms. The molecule has 0 amide bonds. The van der Waals surface area contributed by atoms with Gasteiger partial charge in [0.05, 0.1) is 23.5 Å². The third kappa shape index (κ3) is 4.14. The van der Waals surface area contributed by atoms with Crippen LogP contribution in [0.1, 0.15) is 56.9 Å². The van der Waals surface area contributed by atoms with Crippen molar-refractivity contribution in [2.45, 2.75) is 70.1 Å². The molecule has 180 valence electrons. The molecule has 3 saturated carbocycles. The predicted octanol–water partition coefficient (Wildman–Crippen LogP) is 5.52. The molecular weight excluding hydrogens is 463 g/mol. The molecule has 6 rings (SSSR count). The molecule has 4 atom stereocenters. The van der Waals surface area contributed by atoms with E-state index < -0.39 is 6.17 Å². The highest BCUT2D eigenvalue weighted by Crippen LogP contribution is 2.52. The van der Waals surface area contributed by atoms with E-state index in [0.717, 1.165) is 38.5 Å². The molecule has 0 spiro atoms. The van der Waals surface area contributed by atoms with E-state index in [1.807, 2.05) is 12.1 Å². The Bertz CT molecular complexity index is 1290. The quantitative estimate of drug-likeness (QED) is 0.503. The fourth-order valence-corrected chi connectivity index (χ4v) is 6.71. The fourth-order valence-electron chi connectivity index (χ4n) is 6.10. The summed E-state index contributed by atoms with van der Waals surface area (Å²) in [6.45, 7) is 2.31. The van der Waals surface area contributed by atoms with Gasteiger partial charge in [-0.15, -0.1) is 21.5 Å². The minimum atomic E-state index is -0.852. The van der Waals surface area contributed by atoms with E-state index in [1.54, 1.807) is 23.7 Å². The zero-order valence-electron chi connectivity index (χ0n) is 19.6. The Kier molecular flexibility index (Phi) is 5.44. The maximum Gasteiger partial charge on any atom is 0.194 e. The lowest BCUT2D eigenvalue weighted by atomic mass is 9.60. The van der Waals surface area contributed by atoms with Crippen molar-refractivity contribution in [2.75, 3.05) is 4.90 Å². The molecule has 1 N–H and O–H groups in total. The lowest BCUT2D eigenvalue weighted by molar-refractivity contribution is 0.00942. The molecule has 0 unspecified atom stereocenters. The van der Waals surface area contributed by atoms with Gasteiger partial charge in [-0.3, -0.25) is 0 Å². The van der Waals surface area contributed by atoms with Gasteiger partial charge in [0.15, 0.2) is 16.6 Å². The second kappa shape index (κ2) is 8.52. The van der Waals surface area contributed by atoms with Gasteiger partial charge in [-0.05, 0) is 62.0 Å². The molecule has 3 aliphatic carbocycles. The van der Waals surface area contributed by atoms with Crippen LogP contribution in [0.25, 0.3) is 22.6 Å². The van der Waals surface area contributed by atoms with Crippen molar-refractivity contribution in [1.82, 2.24) is 20.2 Å². The van der Waals surface area contributed by atoms with Crippen LogP contribution in [0.3, 0.4) is 0 Å². The topological polar surface area (TPSA) is 98.8 Å². The zero-order chi connectivity index (χ0) is 24.2. The number of alkyl halides is 1. The van der Waals surface area contributed by atoms with Crippen LogP contribution in [0.2, 0.25) is 0 Å². The Hall–Kier alpha value is -3.12. The Morgan fingerprint density at radius 1 is 1.23 bits per heavy atom. The highest BCUT2D eigenvalue weighted by atomic mass is 32.1. The summed E-state index contributed by atoms with van der Waals surface area (Å²) >= 11 is 1.26. The van der Waals surface area contributed by atoms with Crippen LogP contribution < -0.4 is 4.90 Å². The molecule has 1 aromatic carbocycles. The molecule has 0 saturated heterocycles. The largest absolute Gasteiger partial charge is 0.507 e. The lowest BCUT2D eigenvalue weighted by Crippen LogP contribution is -2.54. The average molecular weight is 491 g/mol. The van der Waals surface area contributed by atoms with Crippen molar-refractivity contribution in [1.29, 1.82) is 5.26 Å². The van der Waals surface area contributed by atoms with Crippen LogP contribution in [0.15, 0.2) is 29.8 Å². The van der Waals surface area contributed by atoms with Gasteiger partial charge in [0.25, 0.3) is 0 Å². The van der Waals surface area contributed by atoms with Crippen molar-refractivity contribution in [3.8, 4) is 34.5 Å². The highest BCUT2D eigenvalue weighted by Gasteiger charge is 2.50. The average Bonchev–Trinajstić information content (AvgIpc) is 3.57. The third-order valence-corrected chi connectivity index (χ3v) is 8.62. The molecule has 0 radical (unpaired) electrons. The number of phenols is 1. The summed E-state index contributed by atoms with van der Waals surface area (Å²) in [5.74, 6) is 1.08. The van der Waals surface area contributed by atoms with E-state index in [4.69, 9.17) is 5.26 Å². The molecule has 0 aliphatic heterocycles. The SMILES string of the molecule is C[C@]12CCC[C@H](C1)[C@H](F)[C@H](N(c1cnc(-c3ccc(-c4csc(C#N)n4)cc3O)nn1)C1CC1)C2. The Morgan fingerprint density at radius 2 is 2.09 bits per heavy atom. The molecule has 3 fully saturated rings. The number of fused-ring (bicyclic) bond motifs is 2. The summed E-state index contributed by atoms with van der Waals surface area (Å²) in [5, 5.41) is 30.6. The smallest absolute Gasteiger partial charge is 0.194 e. The van der Waals surface area contributed by atoms with E-state index in [9.17, 15) is 5.11 Å². The minimum absolute atomic E-state index is 0.0134. The van der Waals surface area contributed by atoms with Crippen LogP contribution in [0.5, 0.6) is 5.75 Å². The number of nitrogens with zero attached hydrogens (tertiary/aromatic N) is 6. The first-order chi connectivity index (χ1) is 16.9. The second-order valence-electron chi connectivity index (χ2n) is 10.5. The van der Waals surface area contributed by atoms with E-state index in [1.165, 1.54) is 17.8 Å². The minimum Gasteiger partial charge on any atom is -0.507 e. The summed E-state index contributed by atoms with van der Waals surface area (Å²) in [6.07, 6.45) is 8.00. The number of hydrogen-bond donors (Lipinski definition) is 1. The number of nitriles is 1. The van der Waals surface area contributed by atoms with Gasteiger partial charge in [-0.2, -0.15) is 5.26 Å². The molecule has 9 heteroatoms. The van der Waals surface area contributed by atoms with Crippen LogP contribution in [0.4, 0.5) is 10.2 Å². The van der Waals surface area contributed by atoms with Gasteiger partial charge in [0.1, 0.15) is 18.0 Å². The Morgan fingerprint density at radius 3 is 2.77 bits per heavy atom. The molecule has 7 nitrogen and oxygen atoms in total. The van der Waals surface area contributed by atoms with Crippen molar-refractivity contribution < 1.29 is 9.50 Å². The van der Waals surface area contributed by atoms with E-state index in [2.05, 4.69) is 32.0 Å². The van der Waals surface area contributed by atoms with Crippen LogP contribution >= 0.6 is 11.3 Å². The van der Waals surface area contributed by atoms with Crippen LogP contribution in [0, 0.1) is 22.7 Å². The van der Waals surface area contributed by atoms with Gasteiger partial charge in [0.2, 0.25) is 0 Å². The molecule has 3 aromatic rings. The van der Waals surface area contributed by atoms with Gasteiger partial charge in [-0.1, -0.05) is 19.4 Å². The molecule has 2 heterocycles. The van der Waals surface area contributed by atoms with Crippen LogP contribution in [-0.2, 0) is 0 Å². The van der Waals surface area contributed by atoms with Crippen molar-refractivity contribution in [3.63, 3.8) is 0 Å². The van der Waals surface area contributed by atoms with Crippen molar-refractivity contribution in [2.24, 2.45) is 11.3 Å². The number of halogens is 1. The molecule has 2 aromatic heterocycles. The zero-order valence-corrected chi connectivity index (χ0v) is 20.4. The number of benzene rings is 1. The Labute approximate surface area is 207 Å². The van der Waals surface area contributed by atoms with Gasteiger partial charge < -0.3 is 10.0 Å². The summed E-state index contributed by atoms with van der Waals surface area (Å²) in [4.78, 5) is 10.9. The van der Waals surface area contributed by atoms with Crippen molar-refractivity contribution >= 4 is 17.2 Å². The first-order valence-electron chi connectivity index (χ1n) is 12.3. The van der Waals surface area contributed by atoms with Gasteiger partial charge in [-0.25, -0.2) is 14.4 Å². The number of anilines is 1. The van der Waals surface area contributed by atoms with E-state index in [0.29, 0.717) is 39.5 Å². The molecule has 2 bridgehead atoms. The molecular formula is C26H27FN6OS. The van der Waals surface area contributed by atoms with Gasteiger partial charge >= 0.3 is 0 Å². The third-order valence-electron chi connectivity index (χ3n) is 7.88. The number of hydrogen-bond acceptors (Lipinski definition) is 8. The Balaban J connectivity index is 1.26. The highest BCUT2D eigenvalue weighted by molar-refractivity contribution is 7.10. The fraction of sp³-hybridized carbons (Fsp3) is 0.500. The maximum atomic E-state index is 15.6. The number of thiazole rings is 1. The van der Waals surface area contributed by atoms with E-state index in [-0.39, 0.29) is 23.1 Å². The summed E-state index contributed by atoms with van der Waals surface area (Å²) in [6, 6.07) is 7.27. The monoisotopic (exact) mass is 490 g/mol. The number of rotatable bonds is 5. The molecule has 3 aliphatic rings. The summed E-state index contributed by atoms with van der Waals surface area (Å²) in [7, 11) is 0. The number of phenolic OH excluding ortho intramolecular Hbond substituents is 1. The van der Waals surface area contributed by atoms with Gasteiger partial charge in [0, 0.05) is 17.0 Å². The maximum absolute atomic E-state index is 15.6. The van der Waals surface area contributed by atoms with Crippen molar-refractivity contribution in [3.05, 3.63) is 34.8 Å². The van der Waals surface area contributed by atoms with Crippen LogP contribution in [-0.4, -0.2) is 43.5 Å². The lowest BCUT2D eigenvalue weighted by Gasteiger charge is -2.51. The summed E-state index contributed by atoms with van der Waals surface area (Å²) in [5.41, 5.74) is 2.00. The normalized spacial score (nSPS) is 27.9. The summed E-state index contributed by atoms with van der Waals surface area (Å²) < 4.78 is 15.6. The standard InChI is InChI=1S/C26H27FN6OS/c1-26-8-2-3-16(10-26)24(27)20(11-26)33(17-5-6-17)22-13-29-25(32-31-22)18-7-4-15(9-21(18)34)19-14-35-23(12-28)30-19/h4,7,9,13-14,16-17,20,24,34H,2-3,5-6,8,10-11H2,1H3/t16-,20-,24+,26+/m1/s1. The predicted molar refractivity (Wildman–Crippen MR) is 132 cm³/mol. The number of aromatic hydroxyl groups is 1. The first kappa shape index (κ1) is 22.4. The number of aromatic nitrogens is 4.